The summed E-state index contributed by atoms with van der Waals surface area (Å²) in [6.07, 6.45) is 0. The van der Waals surface area contributed by atoms with Gasteiger partial charge in [-0.15, -0.1) is 5.10 Å². The number of rotatable bonds is 5. The normalized spacial score (nSPS) is 12.2. The number of thioether (sulfide) groups is 1. The maximum Gasteiger partial charge on any atom is 0.237 e. The summed E-state index contributed by atoms with van der Waals surface area (Å²) in [5.74, 6) is -0.116. The summed E-state index contributed by atoms with van der Waals surface area (Å²) in [5, 5.41) is 19.5. The molecule has 0 aliphatic heterocycles. The third kappa shape index (κ3) is 3.73. The predicted molar refractivity (Wildman–Crippen MR) is 105 cm³/mol. The van der Waals surface area contributed by atoms with Crippen LogP contribution in [0, 0.1) is 27.7 Å². The van der Waals surface area contributed by atoms with E-state index in [1.54, 1.807) is 9.36 Å². The van der Waals surface area contributed by atoms with Crippen LogP contribution in [-0.2, 0) is 11.8 Å². The molecule has 0 aliphatic carbocycles. The number of hydrogen-bond acceptors (Lipinski definition) is 6. The minimum Gasteiger partial charge on any atom is -0.322 e. The molecule has 1 unspecified atom stereocenters. The van der Waals surface area contributed by atoms with Gasteiger partial charge in [0.2, 0.25) is 11.1 Å². The number of nitrogens with one attached hydrogen (secondary N) is 1. The molecule has 0 spiro atoms. The lowest BCUT2D eigenvalue weighted by molar-refractivity contribution is -0.115. The fraction of sp³-hybridized carbons (Fsp3) is 0.389. The molecule has 2 heterocycles. The summed E-state index contributed by atoms with van der Waals surface area (Å²) in [7, 11) is 1.86. The molecule has 9 heteroatoms. The third-order valence-electron chi connectivity index (χ3n) is 4.50. The fourth-order valence-electron chi connectivity index (χ4n) is 2.92. The molecule has 1 aromatic carbocycles. The number of nitrogens with zero attached hydrogens (tertiary/aromatic N) is 6. The molecule has 27 heavy (non-hydrogen) atoms. The van der Waals surface area contributed by atoms with Gasteiger partial charge in [0.05, 0.1) is 28.0 Å². The average molecular weight is 385 g/mol. The Hall–Kier alpha value is -2.68. The Morgan fingerprint density at radius 1 is 1.19 bits per heavy atom. The van der Waals surface area contributed by atoms with Gasteiger partial charge in [-0.05, 0) is 56.2 Å². The van der Waals surface area contributed by atoms with Gasteiger partial charge in [-0.2, -0.15) is 9.78 Å². The second-order valence-electron chi connectivity index (χ2n) is 6.53. The Bertz CT molecular complexity index is 972. The molecule has 3 rings (SSSR count). The molecule has 0 radical (unpaired) electrons. The Kier molecular flexibility index (Phi) is 5.31. The number of benzene rings is 1. The number of amides is 1. The largest absolute Gasteiger partial charge is 0.322 e. The number of carbonyl (C=O) groups is 1. The Morgan fingerprint density at radius 3 is 2.44 bits per heavy atom. The Labute approximate surface area is 162 Å². The van der Waals surface area contributed by atoms with Gasteiger partial charge in [-0.3, -0.25) is 9.48 Å². The molecule has 0 aliphatic rings. The number of aromatic nitrogens is 6. The van der Waals surface area contributed by atoms with E-state index in [2.05, 4.69) is 25.9 Å². The van der Waals surface area contributed by atoms with E-state index in [4.69, 9.17) is 0 Å². The lowest BCUT2D eigenvalue weighted by Crippen LogP contribution is -2.23. The first kappa shape index (κ1) is 19.1. The minimum atomic E-state index is -0.377. The molecular weight excluding hydrogens is 362 g/mol. The van der Waals surface area contributed by atoms with Crippen LogP contribution in [0.5, 0.6) is 0 Å². The molecule has 1 N–H and O–H groups in total. The van der Waals surface area contributed by atoms with Gasteiger partial charge in [0.1, 0.15) is 0 Å². The monoisotopic (exact) mass is 385 g/mol. The van der Waals surface area contributed by atoms with Crippen LogP contribution in [0.2, 0.25) is 0 Å². The molecule has 0 bridgehead atoms. The molecule has 0 saturated carbocycles. The van der Waals surface area contributed by atoms with Gasteiger partial charge >= 0.3 is 0 Å². The SMILES string of the molecule is Cc1cccc(C)c1-n1nnnc1SC(C)C(=O)Nc1c(C)nn(C)c1C. The first-order valence-corrected chi connectivity index (χ1v) is 9.50. The van der Waals surface area contributed by atoms with Crippen molar-refractivity contribution in [1.82, 2.24) is 30.0 Å². The van der Waals surface area contributed by atoms with E-state index in [1.165, 1.54) is 11.8 Å². The smallest absolute Gasteiger partial charge is 0.237 e. The van der Waals surface area contributed by atoms with Crippen LogP contribution in [0.15, 0.2) is 23.4 Å². The number of anilines is 1. The number of hydrogen-bond donors (Lipinski definition) is 1. The average Bonchev–Trinajstić information content (AvgIpc) is 3.14. The summed E-state index contributed by atoms with van der Waals surface area (Å²) in [6, 6.07) is 6.03. The summed E-state index contributed by atoms with van der Waals surface area (Å²) in [4.78, 5) is 12.7. The molecular formula is C18H23N7OS. The summed E-state index contributed by atoms with van der Waals surface area (Å²) in [5.41, 5.74) is 5.55. The van der Waals surface area contributed by atoms with E-state index in [0.29, 0.717) is 5.16 Å². The summed E-state index contributed by atoms with van der Waals surface area (Å²) < 4.78 is 3.45. The Balaban J connectivity index is 1.80. The third-order valence-corrected chi connectivity index (χ3v) is 5.53. The maximum atomic E-state index is 12.7. The van der Waals surface area contributed by atoms with E-state index >= 15 is 0 Å². The van der Waals surface area contributed by atoms with E-state index in [1.807, 2.05) is 59.9 Å². The molecule has 142 valence electrons. The predicted octanol–water partition coefficient (Wildman–Crippen LogP) is 2.75. The minimum absolute atomic E-state index is 0.116. The van der Waals surface area contributed by atoms with Crippen molar-refractivity contribution >= 4 is 23.4 Å². The van der Waals surface area contributed by atoms with Crippen LogP contribution in [-0.4, -0.2) is 41.1 Å². The number of tetrazole rings is 1. The van der Waals surface area contributed by atoms with Crippen LogP contribution < -0.4 is 5.32 Å². The molecule has 1 atom stereocenters. The van der Waals surface area contributed by atoms with Crippen molar-refractivity contribution in [2.45, 2.75) is 45.0 Å². The summed E-state index contributed by atoms with van der Waals surface area (Å²) in [6.45, 7) is 9.67. The molecule has 8 nitrogen and oxygen atoms in total. The van der Waals surface area contributed by atoms with Crippen LogP contribution in [0.4, 0.5) is 5.69 Å². The Morgan fingerprint density at radius 2 is 1.85 bits per heavy atom. The van der Waals surface area contributed by atoms with Crippen molar-refractivity contribution in [3.63, 3.8) is 0 Å². The first-order valence-electron chi connectivity index (χ1n) is 8.62. The van der Waals surface area contributed by atoms with Crippen LogP contribution in [0.1, 0.15) is 29.4 Å². The first-order chi connectivity index (χ1) is 12.8. The van der Waals surface area contributed by atoms with Crippen LogP contribution in [0.3, 0.4) is 0 Å². The second kappa shape index (κ2) is 7.51. The zero-order valence-electron chi connectivity index (χ0n) is 16.3. The summed E-state index contributed by atoms with van der Waals surface area (Å²) >= 11 is 1.32. The van der Waals surface area contributed by atoms with E-state index in [-0.39, 0.29) is 11.2 Å². The van der Waals surface area contributed by atoms with E-state index in [0.717, 1.165) is 33.9 Å². The van der Waals surface area contributed by atoms with Gasteiger partial charge in [-0.25, -0.2) is 0 Å². The molecule has 2 aromatic heterocycles. The van der Waals surface area contributed by atoms with Crippen LogP contribution >= 0.6 is 11.8 Å². The lowest BCUT2D eigenvalue weighted by atomic mass is 10.1. The molecule has 1 amide bonds. The van der Waals surface area contributed by atoms with Gasteiger partial charge in [0.15, 0.2) is 0 Å². The van der Waals surface area contributed by atoms with Crippen LogP contribution in [0.25, 0.3) is 5.69 Å². The van der Waals surface area contributed by atoms with Gasteiger partial charge in [0.25, 0.3) is 0 Å². The fourth-order valence-corrected chi connectivity index (χ4v) is 3.72. The quantitative estimate of drug-likeness (QED) is 0.679. The number of carbonyl (C=O) groups excluding carboxylic acids is 1. The highest BCUT2D eigenvalue weighted by atomic mass is 32.2. The van der Waals surface area contributed by atoms with E-state index < -0.39 is 0 Å². The maximum absolute atomic E-state index is 12.7. The van der Waals surface area contributed by atoms with Crippen molar-refractivity contribution in [2.24, 2.45) is 7.05 Å². The van der Waals surface area contributed by atoms with E-state index in [9.17, 15) is 4.79 Å². The highest BCUT2D eigenvalue weighted by Gasteiger charge is 2.22. The van der Waals surface area contributed by atoms with Gasteiger partial charge in [-0.1, -0.05) is 30.0 Å². The van der Waals surface area contributed by atoms with Crippen molar-refractivity contribution in [1.29, 1.82) is 0 Å². The van der Waals surface area contributed by atoms with Crippen molar-refractivity contribution in [3.8, 4) is 5.69 Å². The zero-order valence-corrected chi connectivity index (χ0v) is 17.1. The number of aryl methyl sites for hydroxylation is 4. The van der Waals surface area contributed by atoms with Crippen molar-refractivity contribution < 1.29 is 4.79 Å². The highest BCUT2D eigenvalue weighted by Crippen LogP contribution is 2.27. The molecule has 3 aromatic rings. The second-order valence-corrected chi connectivity index (χ2v) is 7.84. The molecule has 0 fully saturated rings. The standard InChI is InChI=1S/C18H23N7OS/c1-10-8-7-9-11(2)16(10)25-18(20-22-23-25)27-14(5)17(26)19-15-12(3)21-24(6)13(15)4/h7-9,14H,1-6H3,(H,19,26). The van der Waals surface area contributed by atoms with Gasteiger partial charge in [0, 0.05) is 7.05 Å². The molecule has 0 saturated heterocycles. The lowest BCUT2D eigenvalue weighted by Gasteiger charge is -2.14. The van der Waals surface area contributed by atoms with Gasteiger partial charge < -0.3 is 5.32 Å². The zero-order chi connectivity index (χ0) is 19.7. The topological polar surface area (TPSA) is 90.5 Å². The van der Waals surface area contributed by atoms with Crippen molar-refractivity contribution in [2.75, 3.05) is 5.32 Å². The van der Waals surface area contributed by atoms with Crippen molar-refractivity contribution in [3.05, 3.63) is 40.7 Å². The number of para-hydroxylation sites is 1. The highest BCUT2D eigenvalue weighted by molar-refractivity contribution is 8.00.